The maximum atomic E-state index is 10.4. The minimum Gasteiger partial charge on any atom is -0.445 e. The van der Waals surface area contributed by atoms with E-state index >= 15 is 0 Å². The monoisotopic (exact) mass is 162 g/mol. The summed E-state index contributed by atoms with van der Waals surface area (Å²) < 4.78 is 4.72. The second-order valence-electron chi connectivity index (χ2n) is 2.01. The van der Waals surface area contributed by atoms with E-state index < -0.39 is 6.23 Å². The standard InChI is InChI=1S/C6H14N2O3/c1-5(10)11-6(4-7)8-2-3-9/h6,8-9H,2-4,7H2,1H3. The molecule has 1 unspecified atom stereocenters. The highest BCUT2D eigenvalue weighted by Crippen LogP contribution is 1.84. The van der Waals surface area contributed by atoms with Crippen molar-refractivity contribution < 1.29 is 14.6 Å². The molecule has 0 aromatic carbocycles. The summed E-state index contributed by atoms with van der Waals surface area (Å²) in [5.41, 5.74) is 5.24. The van der Waals surface area contributed by atoms with Crippen molar-refractivity contribution in [2.75, 3.05) is 19.7 Å². The molecular formula is C6H14N2O3. The third-order valence-corrected chi connectivity index (χ3v) is 1.01. The van der Waals surface area contributed by atoms with Crippen LogP contribution in [0, 0.1) is 0 Å². The van der Waals surface area contributed by atoms with E-state index in [9.17, 15) is 4.79 Å². The summed E-state index contributed by atoms with van der Waals surface area (Å²) in [5, 5.41) is 11.1. The fourth-order valence-electron chi connectivity index (χ4n) is 0.599. The van der Waals surface area contributed by atoms with Gasteiger partial charge in [0, 0.05) is 20.0 Å². The zero-order chi connectivity index (χ0) is 8.69. The van der Waals surface area contributed by atoms with Crippen molar-refractivity contribution in [1.82, 2.24) is 5.32 Å². The van der Waals surface area contributed by atoms with E-state index in [2.05, 4.69) is 5.32 Å². The number of nitrogens with two attached hydrogens (primary N) is 1. The highest BCUT2D eigenvalue weighted by molar-refractivity contribution is 5.66. The molecule has 0 aliphatic rings. The number of aliphatic hydroxyl groups excluding tert-OH is 1. The Balaban J connectivity index is 3.49. The molecule has 0 aromatic heterocycles. The van der Waals surface area contributed by atoms with Gasteiger partial charge in [0.2, 0.25) is 0 Å². The number of esters is 1. The first-order chi connectivity index (χ1) is 5.20. The number of hydrogen-bond acceptors (Lipinski definition) is 5. The third-order valence-electron chi connectivity index (χ3n) is 1.01. The highest BCUT2D eigenvalue weighted by Gasteiger charge is 2.06. The maximum Gasteiger partial charge on any atom is 0.304 e. The molecule has 5 nitrogen and oxygen atoms in total. The zero-order valence-electron chi connectivity index (χ0n) is 6.54. The van der Waals surface area contributed by atoms with Crippen LogP contribution in [0.2, 0.25) is 0 Å². The minimum atomic E-state index is -0.486. The van der Waals surface area contributed by atoms with Crippen LogP contribution in [0.4, 0.5) is 0 Å². The summed E-state index contributed by atoms with van der Waals surface area (Å²) in [6.07, 6.45) is -0.486. The van der Waals surface area contributed by atoms with Crippen LogP contribution in [0.25, 0.3) is 0 Å². The summed E-state index contributed by atoms with van der Waals surface area (Å²) in [4.78, 5) is 10.4. The van der Waals surface area contributed by atoms with Crippen molar-refractivity contribution in [2.45, 2.75) is 13.2 Å². The van der Waals surface area contributed by atoms with Crippen molar-refractivity contribution in [2.24, 2.45) is 5.73 Å². The van der Waals surface area contributed by atoms with Crippen LogP contribution in [0.15, 0.2) is 0 Å². The lowest BCUT2D eigenvalue weighted by Crippen LogP contribution is -2.40. The molecule has 66 valence electrons. The lowest BCUT2D eigenvalue weighted by atomic mass is 10.5. The van der Waals surface area contributed by atoms with Gasteiger partial charge in [-0.15, -0.1) is 0 Å². The van der Waals surface area contributed by atoms with Crippen molar-refractivity contribution >= 4 is 5.97 Å². The fourth-order valence-corrected chi connectivity index (χ4v) is 0.599. The summed E-state index contributed by atoms with van der Waals surface area (Å²) in [7, 11) is 0. The van der Waals surface area contributed by atoms with Crippen molar-refractivity contribution in [3.8, 4) is 0 Å². The first-order valence-corrected chi connectivity index (χ1v) is 3.42. The lowest BCUT2D eigenvalue weighted by molar-refractivity contribution is -0.147. The van der Waals surface area contributed by atoms with Gasteiger partial charge in [-0.3, -0.25) is 10.1 Å². The molecule has 0 spiro atoms. The van der Waals surface area contributed by atoms with Crippen LogP contribution >= 0.6 is 0 Å². The molecule has 4 N–H and O–H groups in total. The first kappa shape index (κ1) is 10.3. The first-order valence-electron chi connectivity index (χ1n) is 3.42. The molecule has 0 bridgehead atoms. The quantitative estimate of drug-likeness (QED) is 0.335. The normalized spacial score (nSPS) is 12.6. The number of carbonyl (C=O) groups is 1. The molecule has 0 aliphatic carbocycles. The molecular weight excluding hydrogens is 148 g/mol. The average molecular weight is 162 g/mol. The molecule has 0 saturated carbocycles. The van der Waals surface area contributed by atoms with Gasteiger partial charge in [-0.25, -0.2) is 0 Å². The van der Waals surface area contributed by atoms with Gasteiger partial charge in [-0.05, 0) is 0 Å². The topological polar surface area (TPSA) is 84.6 Å². The predicted octanol–water partition coefficient (Wildman–Crippen LogP) is -1.58. The van der Waals surface area contributed by atoms with Gasteiger partial charge in [-0.1, -0.05) is 0 Å². The van der Waals surface area contributed by atoms with E-state index in [0.717, 1.165) is 0 Å². The summed E-state index contributed by atoms with van der Waals surface area (Å²) in [6.45, 7) is 1.88. The molecule has 0 radical (unpaired) electrons. The van der Waals surface area contributed by atoms with Crippen LogP contribution < -0.4 is 11.1 Å². The molecule has 0 amide bonds. The Kier molecular flexibility index (Phi) is 5.73. The highest BCUT2D eigenvalue weighted by atomic mass is 16.6. The SMILES string of the molecule is CC(=O)OC(CN)NCCO. The molecule has 0 rings (SSSR count). The Labute approximate surface area is 65.5 Å². The van der Waals surface area contributed by atoms with Crippen molar-refractivity contribution in [3.63, 3.8) is 0 Å². The van der Waals surface area contributed by atoms with Crippen LogP contribution in [-0.2, 0) is 9.53 Å². The van der Waals surface area contributed by atoms with Gasteiger partial charge in [0.1, 0.15) is 0 Å². The van der Waals surface area contributed by atoms with Gasteiger partial charge >= 0.3 is 5.97 Å². The largest absolute Gasteiger partial charge is 0.445 e. The van der Waals surface area contributed by atoms with E-state index in [1.165, 1.54) is 6.92 Å². The van der Waals surface area contributed by atoms with E-state index in [4.69, 9.17) is 15.6 Å². The van der Waals surface area contributed by atoms with E-state index in [1.54, 1.807) is 0 Å². The number of nitrogens with one attached hydrogen (secondary N) is 1. The Morgan fingerprint density at radius 3 is 2.82 bits per heavy atom. The average Bonchev–Trinajstić information content (AvgIpc) is 1.97. The van der Waals surface area contributed by atoms with Crippen LogP contribution in [0.5, 0.6) is 0 Å². The Hall–Kier alpha value is -0.650. The summed E-state index contributed by atoms with van der Waals surface area (Å²) >= 11 is 0. The van der Waals surface area contributed by atoms with Crippen molar-refractivity contribution in [1.29, 1.82) is 0 Å². The maximum absolute atomic E-state index is 10.4. The second-order valence-corrected chi connectivity index (χ2v) is 2.01. The van der Waals surface area contributed by atoms with E-state index in [1.807, 2.05) is 0 Å². The predicted molar refractivity (Wildman–Crippen MR) is 39.7 cm³/mol. The second kappa shape index (κ2) is 6.09. The molecule has 0 aliphatic heterocycles. The number of aliphatic hydroxyl groups is 1. The van der Waals surface area contributed by atoms with Gasteiger partial charge < -0.3 is 15.6 Å². The lowest BCUT2D eigenvalue weighted by Gasteiger charge is -2.15. The van der Waals surface area contributed by atoms with E-state index in [-0.39, 0.29) is 19.1 Å². The van der Waals surface area contributed by atoms with Gasteiger partial charge in [0.25, 0.3) is 0 Å². The van der Waals surface area contributed by atoms with Crippen LogP contribution in [0.3, 0.4) is 0 Å². The van der Waals surface area contributed by atoms with Gasteiger partial charge in [0.15, 0.2) is 6.23 Å². The Morgan fingerprint density at radius 2 is 2.45 bits per heavy atom. The summed E-state index contributed by atoms with van der Waals surface area (Å²) in [5.74, 6) is -0.383. The fraction of sp³-hybridized carbons (Fsp3) is 0.833. The Morgan fingerprint density at radius 1 is 1.82 bits per heavy atom. The van der Waals surface area contributed by atoms with Crippen LogP contribution in [-0.4, -0.2) is 37.0 Å². The minimum absolute atomic E-state index is 0.00222. The third kappa shape index (κ3) is 5.78. The molecule has 1 atom stereocenters. The van der Waals surface area contributed by atoms with Gasteiger partial charge in [0.05, 0.1) is 6.61 Å². The molecule has 5 heteroatoms. The Bertz CT molecular complexity index is 118. The smallest absolute Gasteiger partial charge is 0.304 e. The number of rotatable bonds is 5. The molecule has 0 fully saturated rings. The zero-order valence-corrected chi connectivity index (χ0v) is 6.54. The molecule has 0 heterocycles. The van der Waals surface area contributed by atoms with Crippen molar-refractivity contribution in [3.05, 3.63) is 0 Å². The number of carbonyl (C=O) groups excluding carboxylic acids is 1. The van der Waals surface area contributed by atoms with Crippen LogP contribution in [0.1, 0.15) is 6.92 Å². The summed E-state index contributed by atoms with van der Waals surface area (Å²) in [6, 6.07) is 0. The molecule has 0 aromatic rings. The van der Waals surface area contributed by atoms with E-state index in [0.29, 0.717) is 6.54 Å². The molecule has 11 heavy (non-hydrogen) atoms. The van der Waals surface area contributed by atoms with Gasteiger partial charge in [-0.2, -0.15) is 0 Å². The number of ether oxygens (including phenoxy) is 1. The number of hydrogen-bond donors (Lipinski definition) is 3. The molecule has 0 saturated heterocycles.